The lowest BCUT2D eigenvalue weighted by Crippen LogP contribution is -2.10. The van der Waals surface area contributed by atoms with Gasteiger partial charge in [-0.1, -0.05) is 12.1 Å². The fourth-order valence-electron chi connectivity index (χ4n) is 0.724. The molecule has 0 aliphatic carbocycles. The van der Waals surface area contributed by atoms with Gasteiger partial charge in [-0.05, 0) is 41.6 Å². The molecule has 3 heteroatoms. The van der Waals surface area contributed by atoms with Gasteiger partial charge in [0.1, 0.15) is 5.75 Å². The summed E-state index contributed by atoms with van der Waals surface area (Å²) >= 11 is 2.16. The number of aliphatic hydroxyl groups excluding tert-OH is 1. The molecule has 2 nitrogen and oxygen atoms in total. The molecule has 0 fully saturated rings. The lowest BCUT2D eigenvalue weighted by atomic mass is 10.3. The Morgan fingerprint density at radius 2 is 2.09 bits per heavy atom. The van der Waals surface area contributed by atoms with Gasteiger partial charge in [0.25, 0.3) is 0 Å². The van der Waals surface area contributed by atoms with E-state index in [9.17, 15) is 0 Å². The van der Waals surface area contributed by atoms with Crippen LogP contribution in [0.4, 0.5) is 0 Å². The van der Waals surface area contributed by atoms with Gasteiger partial charge in [-0.25, -0.2) is 0 Å². The maximum atomic E-state index is 8.90. The highest BCUT2D eigenvalue weighted by Crippen LogP contribution is 2.20. The lowest BCUT2D eigenvalue weighted by molar-refractivity contribution is -0.000932. The Bertz CT molecular complexity index is 235. The van der Waals surface area contributed by atoms with Crippen molar-refractivity contribution in [2.24, 2.45) is 0 Å². The molecule has 0 aliphatic rings. The van der Waals surface area contributed by atoms with Crippen molar-refractivity contribution in [3.8, 4) is 5.75 Å². The van der Waals surface area contributed by atoms with Gasteiger partial charge in [0.15, 0.2) is 6.29 Å². The van der Waals surface area contributed by atoms with E-state index in [0.29, 0.717) is 0 Å². The smallest absolute Gasteiger partial charge is 0.194 e. The molecule has 0 heterocycles. The number of ether oxygens (including phenoxy) is 1. The van der Waals surface area contributed by atoms with E-state index >= 15 is 0 Å². The number of benzene rings is 1. The molecule has 0 aromatic heterocycles. The summed E-state index contributed by atoms with van der Waals surface area (Å²) in [7, 11) is 0. The standard InChI is InChI=1S/C8H9IO2/c1-6(10)11-8-5-3-2-4-7(8)9/h2-6,10H,1H3. The van der Waals surface area contributed by atoms with Gasteiger partial charge in [-0.2, -0.15) is 0 Å². The van der Waals surface area contributed by atoms with E-state index in [1.165, 1.54) is 0 Å². The number of para-hydroxylation sites is 1. The molecule has 0 saturated heterocycles. The van der Waals surface area contributed by atoms with E-state index < -0.39 is 6.29 Å². The molecule has 0 saturated carbocycles. The Morgan fingerprint density at radius 3 is 2.64 bits per heavy atom. The summed E-state index contributed by atoms with van der Waals surface area (Å²) in [5.74, 6) is 0.725. The third-order valence-electron chi connectivity index (χ3n) is 1.13. The van der Waals surface area contributed by atoms with Gasteiger partial charge in [0.2, 0.25) is 0 Å². The first-order valence-electron chi connectivity index (χ1n) is 3.29. The van der Waals surface area contributed by atoms with Crippen LogP contribution in [0.1, 0.15) is 6.92 Å². The minimum absolute atomic E-state index is 0.725. The average Bonchev–Trinajstić information content (AvgIpc) is 1.93. The number of rotatable bonds is 2. The fraction of sp³-hybridized carbons (Fsp3) is 0.250. The summed E-state index contributed by atoms with van der Waals surface area (Å²) in [6, 6.07) is 7.56. The monoisotopic (exact) mass is 264 g/mol. The van der Waals surface area contributed by atoms with Crippen molar-refractivity contribution < 1.29 is 9.84 Å². The molecule has 1 aromatic rings. The summed E-state index contributed by atoms with van der Waals surface area (Å²) in [6.45, 7) is 1.59. The van der Waals surface area contributed by atoms with Crippen LogP contribution < -0.4 is 4.74 Å². The van der Waals surface area contributed by atoms with E-state index in [1.54, 1.807) is 6.92 Å². The maximum absolute atomic E-state index is 8.90. The Morgan fingerprint density at radius 1 is 1.45 bits per heavy atom. The Balaban J connectivity index is 2.78. The van der Waals surface area contributed by atoms with Crippen LogP contribution in [-0.2, 0) is 0 Å². The van der Waals surface area contributed by atoms with Crippen molar-refractivity contribution in [3.05, 3.63) is 27.8 Å². The van der Waals surface area contributed by atoms with Crippen LogP contribution in [-0.4, -0.2) is 11.4 Å². The van der Waals surface area contributed by atoms with E-state index in [0.717, 1.165) is 9.32 Å². The zero-order chi connectivity index (χ0) is 8.27. The summed E-state index contributed by atoms with van der Waals surface area (Å²) in [5.41, 5.74) is 0. The highest BCUT2D eigenvalue weighted by atomic mass is 127. The molecule has 0 aliphatic heterocycles. The molecule has 0 amide bonds. The summed E-state index contributed by atoms with van der Waals surface area (Å²) in [6.07, 6.45) is -0.745. The summed E-state index contributed by atoms with van der Waals surface area (Å²) in [4.78, 5) is 0. The normalized spacial score (nSPS) is 12.6. The minimum atomic E-state index is -0.745. The third kappa shape index (κ3) is 2.67. The van der Waals surface area contributed by atoms with Crippen molar-refractivity contribution >= 4 is 22.6 Å². The first-order valence-corrected chi connectivity index (χ1v) is 4.37. The van der Waals surface area contributed by atoms with Crippen LogP contribution in [0.2, 0.25) is 0 Å². The summed E-state index contributed by atoms with van der Waals surface area (Å²) in [5, 5.41) is 8.90. The van der Waals surface area contributed by atoms with Crippen molar-refractivity contribution in [1.82, 2.24) is 0 Å². The Kier molecular flexibility index (Phi) is 3.14. The van der Waals surface area contributed by atoms with Gasteiger partial charge in [-0.15, -0.1) is 0 Å². The van der Waals surface area contributed by atoms with Crippen LogP contribution in [0.5, 0.6) is 5.75 Å². The second kappa shape index (κ2) is 3.92. The zero-order valence-electron chi connectivity index (χ0n) is 6.12. The largest absolute Gasteiger partial charge is 0.464 e. The first kappa shape index (κ1) is 8.80. The molecule has 0 spiro atoms. The van der Waals surface area contributed by atoms with Crippen molar-refractivity contribution in [1.29, 1.82) is 0 Å². The lowest BCUT2D eigenvalue weighted by Gasteiger charge is -2.09. The topological polar surface area (TPSA) is 29.5 Å². The van der Waals surface area contributed by atoms with Crippen LogP contribution in [0, 0.1) is 3.57 Å². The average molecular weight is 264 g/mol. The molecule has 0 bridgehead atoms. The summed E-state index contributed by atoms with van der Waals surface area (Å²) < 4.78 is 6.10. The molecule has 1 N–H and O–H groups in total. The predicted molar refractivity (Wildman–Crippen MR) is 51.5 cm³/mol. The van der Waals surface area contributed by atoms with Crippen molar-refractivity contribution in [3.63, 3.8) is 0 Å². The van der Waals surface area contributed by atoms with Crippen LogP contribution >= 0.6 is 22.6 Å². The van der Waals surface area contributed by atoms with E-state index in [2.05, 4.69) is 22.6 Å². The quantitative estimate of drug-likeness (QED) is 0.654. The number of hydrogen-bond donors (Lipinski definition) is 1. The van der Waals surface area contributed by atoms with Crippen LogP contribution in [0.15, 0.2) is 24.3 Å². The number of hydrogen-bond acceptors (Lipinski definition) is 2. The molecular formula is C8H9IO2. The second-order valence-electron chi connectivity index (χ2n) is 2.15. The molecule has 1 rings (SSSR count). The number of halogens is 1. The van der Waals surface area contributed by atoms with E-state index in [1.807, 2.05) is 24.3 Å². The first-order chi connectivity index (χ1) is 5.20. The SMILES string of the molecule is CC(O)Oc1ccccc1I. The fourth-order valence-corrected chi connectivity index (χ4v) is 1.24. The molecular weight excluding hydrogens is 255 g/mol. The van der Waals surface area contributed by atoms with Gasteiger partial charge >= 0.3 is 0 Å². The van der Waals surface area contributed by atoms with Gasteiger partial charge in [0, 0.05) is 0 Å². The van der Waals surface area contributed by atoms with Crippen LogP contribution in [0.25, 0.3) is 0 Å². The van der Waals surface area contributed by atoms with Crippen LogP contribution in [0.3, 0.4) is 0 Å². The van der Waals surface area contributed by atoms with Crippen molar-refractivity contribution in [2.45, 2.75) is 13.2 Å². The molecule has 1 atom stereocenters. The molecule has 11 heavy (non-hydrogen) atoms. The van der Waals surface area contributed by atoms with Crippen molar-refractivity contribution in [2.75, 3.05) is 0 Å². The highest BCUT2D eigenvalue weighted by molar-refractivity contribution is 14.1. The molecule has 0 radical (unpaired) electrons. The Hall–Kier alpha value is -0.290. The minimum Gasteiger partial charge on any atom is -0.464 e. The van der Waals surface area contributed by atoms with Gasteiger partial charge < -0.3 is 9.84 Å². The zero-order valence-corrected chi connectivity index (χ0v) is 8.28. The third-order valence-corrected chi connectivity index (χ3v) is 2.03. The Labute approximate surface area is 79.3 Å². The predicted octanol–water partition coefficient (Wildman–Crippen LogP) is 2.01. The van der Waals surface area contributed by atoms with Gasteiger partial charge in [0.05, 0.1) is 3.57 Å². The number of aliphatic hydroxyl groups is 1. The highest BCUT2D eigenvalue weighted by Gasteiger charge is 2.00. The van der Waals surface area contributed by atoms with E-state index in [-0.39, 0.29) is 0 Å². The van der Waals surface area contributed by atoms with E-state index in [4.69, 9.17) is 9.84 Å². The maximum Gasteiger partial charge on any atom is 0.194 e. The van der Waals surface area contributed by atoms with Gasteiger partial charge in [-0.3, -0.25) is 0 Å². The second-order valence-corrected chi connectivity index (χ2v) is 3.31. The molecule has 1 aromatic carbocycles. The molecule has 60 valence electrons. The molecule has 1 unspecified atom stereocenters.